The van der Waals surface area contributed by atoms with Crippen LogP contribution < -0.4 is 9.64 Å². The second-order valence-electron chi connectivity index (χ2n) is 7.19. The second-order valence-corrected chi connectivity index (χ2v) is 8.20. The van der Waals surface area contributed by atoms with Crippen molar-refractivity contribution in [2.45, 2.75) is 13.0 Å². The molecule has 3 heterocycles. The Morgan fingerprint density at radius 2 is 2.16 bits per heavy atom. The summed E-state index contributed by atoms with van der Waals surface area (Å²) in [6, 6.07) is 13.6. The number of aromatic amines is 1. The number of methoxy groups -OCH3 is 1. The lowest BCUT2D eigenvalue weighted by Crippen LogP contribution is -2.32. The molecule has 156 valence electrons. The molecule has 0 aliphatic rings. The minimum absolute atomic E-state index is 0.0610. The molecule has 0 saturated heterocycles. The largest absolute Gasteiger partial charge is 0.497 e. The molecule has 0 spiro atoms. The number of amides is 1. The summed E-state index contributed by atoms with van der Waals surface area (Å²) in [7, 11) is 1.64. The number of imidazole rings is 1. The molecule has 8 heteroatoms. The molecule has 1 N–H and O–H groups in total. The van der Waals surface area contributed by atoms with Crippen LogP contribution in [0.15, 0.2) is 67.4 Å². The average Bonchev–Trinajstić information content (AvgIpc) is 3.55. The number of anilines is 1. The number of aromatic nitrogens is 4. The van der Waals surface area contributed by atoms with E-state index in [4.69, 9.17) is 9.72 Å². The van der Waals surface area contributed by atoms with E-state index in [-0.39, 0.29) is 5.91 Å². The van der Waals surface area contributed by atoms with Gasteiger partial charge in [0.2, 0.25) is 0 Å². The summed E-state index contributed by atoms with van der Waals surface area (Å²) in [6.07, 6.45) is 8.04. The van der Waals surface area contributed by atoms with Gasteiger partial charge in [0.1, 0.15) is 5.75 Å². The van der Waals surface area contributed by atoms with Crippen molar-refractivity contribution >= 4 is 43.5 Å². The Kier molecular flexibility index (Phi) is 5.13. The molecule has 0 atom stereocenters. The first-order chi connectivity index (χ1) is 15.2. The van der Waals surface area contributed by atoms with Gasteiger partial charge in [-0.15, -0.1) is 0 Å². The van der Waals surface area contributed by atoms with Crippen LogP contribution in [0.4, 0.5) is 5.13 Å². The van der Waals surface area contributed by atoms with Crippen molar-refractivity contribution in [2.75, 3.05) is 18.6 Å². The van der Waals surface area contributed by atoms with E-state index < -0.39 is 0 Å². The number of ether oxygens (including phenoxy) is 1. The molecule has 0 unspecified atom stereocenters. The van der Waals surface area contributed by atoms with Crippen LogP contribution in [0.3, 0.4) is 0 Å². The number of benzene rings is 2. The molecule has 0 saturated carbocycles. The Morgan fingerprint density at radius 1 is 1.26 bits per heavy atom. The number of hydrogen-bond donors (Lipinski definition) is 1. The predicted octanol–water partition coefficient (Wildman–Crippen LogP) is 4.72. The molecule has 0 fully saturated rings. The quantitative estimate of drug-likeness (QED) is 0.405. The lowest BCUT2D eigenvalue weighted by Gasteiger charge is -2.19. The van der Waals surface area contributed by atoms with E-state index in [2.05, 4.69) is 9.97 Å². The zero-order chi connectivity index (χ0) is 21.2. The van der Waals surface area contributed by atoms with Crippen molar-refractivity contribution in [2.24, 2.45) is 0 Å². The van der Waals surface area contributed by atoms with Crippen LogP contribution in [-0.2, 0) is 6.54 Å². The molecule has 31 heavy (non-hydrogen) atoms. The van der Waals surface area contributed by atoms with E-state index in [1.165, 1.54) is 11.3 Å². The van der Waals surface area contributed by atoms with Gasteiger partial charge in [-0.05, 0) is 30.7 Å². The fourth-order valence-corrected chi connectivity index (χ4v) is 4.66. The molecule has 0 radical (unpaired) electrons. The van der Waals surface area contributed by atoms with Crippen molar-refractivity contribution in [3.05, 3.63) is 72.9 Å². The minimum atomic E-state index is -0.0610. The maximum absolute atomic E-state index is 13.6. The predicted molar refractivity (Wildman–Crippen MR) is 123 cm³/mol. The summed E-state index contributed by atoms with van der Waals surface area (Å²) in [5.41, 5.74) is 2.44. The van der Waals surface area contributed by atoms with E-state index in [0.717, 1.165) is 39.8 Å². The van der Waals surface area contributed by atoms with Gasteiger partial charge in [-0.2, -0.15) is 0 Å². The van der Waals surface area contributed by atoms with Crippen molar-refractivity contribution in [3.8, 4) is 5.75 Å². The SMILES string of the molecule is COc1ccc2nc(N(CCCn3ccnc3)C(=O)c3c[nH]c4ccccc34)sc2c1. The highest BCUT2D eigenvalue weighted by atomic mass is 32.1. The summed E-state index contributed by atoms with van der Waals surface area (Å²) < 4.78 is 8.34. The number of nitrogens with zero attached hydrogens (tertiary/aromatic N) is 4. The Balaban J connectivity index is 1.49. The number of fused-ring (bicyclic) bond motifs is 2. The van der Waals surface area contributed by atoms with E-state index in [9.17, 15) is 4.79 Å². The van der Waals surface area contributed by atoms with E-state index in [0.29, 0.717) is 17.2 Å². The normalized spacial score (nSPS) is 11.3. The summed E-state index contributed by atoms with van der Waals surface area (Å²) in [5.74, 6) is 0.714. The summed E-state index contributed by atoms with van der Waals surface area (Å²) in [5, 5.41) is 1.60. The molecular formula is C23H21N5O2S. The number of aryl methyl sites for hydroxylation is 1. The Hall–Kier alpha value is -3.65. The van der Waals surface area contributed by atoms with Gasteiger partial charge in [-0.25, -0.2) is 9.97 Å². The van der Waals surface area contributed by atoms with Gasteiger partial charge in [0.05, 0.1) is 29.2 Å². The molecule has 3 aromatic heterocycles. The third-order valence-corrected chi connectivity index (χ3v) is 6.28. The highest BCUT2D eigenvalue weighted by molar-refractivity contribution is 7.22. The summed E-state index contributed by atoms with van der Waals surface area (Å²) in [6.45, 7) is 1.32. The second kappa shape index (κ2) is 8.23. The number of hydrogen-bond acceptors (Lipinski definition) is 5. The van der Waals surface area contributed by atoms with Crippen molar-refractivity contribution in [3.63, 3.8) is 0 Å². The number of H-pyrrole nitrogens is 1. The highest BCUT2D eigenvalue weighted by Gasteiger charge is 2.23. The molecule has 1 amide bonds. The number of carbonyl (C=O) groups is 1. The topological polar surface area (TPSA) is 76.0 Å². The minimum Gasteiger partial charge on any atom is -0.497 e. The van der Waals surface area contributed by atoms with Crippen LogP contribution in [-0.4, -0.2) is 39.1 Å². The molecular weight excluding hydrogens is 410 g/mol. The molecule has 7 nitrogen and oxygen atoms in total. The molecule has 0 aliphatic heterocycles. The zero-order valence-corrected chi connectivity index (χ0v) is 17.8. The molecule has 5 aromatic rings. The average molecular weight is 432 g/mol. The molecule has 2 aromatic carbocycles. The first-order valence-electron chi connectivity index (χ1n) is 10.0. The third-order valence-electron chi connectivity index (χ3n) is 5.24. The number of para-hydroxylation sites is 1. The lowest BCUT2D eigenvalue weighted by atomic mass is 10.1. The highest BCUT2D eigenvalue weighted by Crippen LogP contribution is 2.33. The van der Waals surface area contributed by atoms with Crippen molar-refractivity contribution < 1.29 is 9.53 Å². The first kappa shape index (κ1) is 19.3. The smallest absolute Gasteiger partial charge is 0.262 e. The molecule has 5 rings (SSSR count). The van der Waals surface area contributed by atoms with Gasteiger partial charge < -0.3 is 14.3 Å². The Labute approximate surface area is 182 Å². The maximum Gasteiger partial charge on any atom is 0.262 e. The van der Waals surface area contributed by atoms with Crippen molar-refractivity contribution in [1.29, 1.82) is 0 Å². The van der Waals surface area contributed by atoms with Crippen molar-refractivity contribution in [1.82, 2.24) is 19.5 Å². The number of rotatable bonds is 7. The lowest BCUT2D eigenvalue weighted by molar-refractivity contribution is 0.0988. The van der Waals surface area contributed by atoms with E-state index in [1.807, 2.05) is 53.2 Å². The van der Waals surface area contributed by atoms with Crippen LogP contribution in [0.5, 0.6) is 5.75 Å². The van der Waals surface area contributed by atoms with Gasteiger partial charge in [0.25, 0.3) is 5.91 Å². The van der Waals surface area contributed by atoms with Crippen LogP contribution in [0.1, 0.15) is 16.8 Å². The molecule has 0 aliphatic carbocycles. The van der Waals surface area contributed by atoms with Crippen LogP contribution in [0.2, 0.25) is 0 Å². The fourth-order valence-electron chi connectivity index (χ4n) is 3.64. The van der Waals surface area contributed by atoms with Gasteiger partial charge in [0.15, 0.2) is 5.13 Å². The van der Waals surface area contributed by atoms with E-state index in [1.54, 1.807) is 30.7 Å². The first-order valence-corrected chi connectivity index (χ1v) is 10.8. The Morgan fingerprint density at radius 3 is 3.00 bits per heavy atom. The van der Waals surface area contributed by atoms with Gasteiger partial charge >= 0.3 is 0 Å². The number of thiazole rings is 1. The van der Waals surface area contributed by atoms with Gasteiger partial charge in [0, 0.05) is 42.6 Å². The van der Waals surface area contributed by atoms with Crippen LogP contribution >= 0.6 is 11.3 Å². The van der Waals surface area contributed by atoms with E-state index >= 15 is 0 Å². The summed E-state index contributed by atoms with van der Waals surface area (Å²) >= 11 is 1.50. The monoisotopic (exact) mass is 431 g/mol. The summed E-state index contributed by atoms with van der Waals surface area (Å²) in [4.78, 5) is 27.5. The Bertz CT molecular complexity index is 1340. The standard InChI is InChI=1S/C23H21N5O2S/c1-30-16-7-8-20-21(13-16)31-23(26-20)28(11-4-10-27-12-9-24-15-27)22(29)18-14-25-19-6-3-2-5-17(18)19/h2-3,5-9,12-15,25H,4,10-11H2,1H3. The number of nitrogens with one attached hydrogen (secondary N) is 1. The number of carbonyl (C=O) groups excluding carboxylic acids is 1. The third kappa shape index (κ3) is 3.77. The zero-order valence-electron chi connectivity index (χ0n) is 17.0. The maximum atomic E-state index is 13.6. The van der Waals surface area contributed by atoms with Crippen LogP contribution in [0, 0.1) is 0 Å². The van der Waals surface area contributed by atoms with Gasteiger partial charge in [-0.3, -0.25) is 9.69 Å². The molecule has 0 bridgehead atoms. The van der Waals surface area contributed by atoms with Crippen LogP contribution in [0.25, 0.3) is 21.1 Å². The van der Waals surface area contributed by atoms with Gasteiger partial charge in [-0.1, -0.05) is 29.5 Å². The fraction of sp³-hybridized carbons (Fsp3) is 0.174.